The van der Waals surface area contributed by atoms with E-state index < -0.39 is 5.97 Å². The molecule has 2 aliphatic carbocycles. The first-order chi connectivity index (χ1) is 14.8. The molecule has 31 heavy (non-hydrogen) atoms. The van der Waals surface area contributed by atoms with Crippen LogP contribution < -0.4 is 15.0 Å². The molecule has 2 heterocycles. The summed E-state index contributed by atoms with van der Waals surface area (Å²) < 4.78 is 5.94. The maximum atomic E-state index is 12.9. The van der Waals surface area contributed by atoms with Crippen LogP contribution in [-0.2, 0) is 4.79 Å². The number of anilines is 1. The number of rotatable bonds is 8. The van der Waals surface area contributed by atoms with Crippen LogP contribution in [0.3, 0.4) is 0 Å². The van der Waals surface area contributed by atoms with Gasteiger partial charge >= 0.3 is 5.97 Å². The number of aliphatic hydroxyl groups excluding tert-OH is 1. The van der Waals surface area contributed by atoms with E-state index in [0.29, 0.717) is 49.9 Å². The molecule has 0 bridgehead atoms. The van der Waals surface area contributed by atoms with Crippen LogP contribution in [0.15, 0.2) is 12.1 Å². The lowest BCUT2D eigenvalue weighted by Gasteiger charge is -2.26. The number of ether oxygens (including phenoxy) is 1. The van der Waals surface area contributed by atoms with Crippen molar-refractivity contribution in [1.29, 1.82) is 0 Å². The fourth-order valence-electron chi connectivity index (χ4n) is 4.84. The van der Waals surface area contributed by atoms with Crippen LogP contribution in [-0.4, -0.2) is 58.9 Å². The number of amides is 1. The molecule has 0 radical (unpaired) electrons. The average molecular weight is 432 g/mol. The molecule has 3 aliphatic rings. The Bertz CT molecular complexity index is 809. The van der Waals surface area contributed by atoms with Crippen molar-refractivity contribution in [1.82, 2.24) is 10.3 Å². The lowest BCUT2D eigenvalue weighted by molar-refractivity contribution is -0.139. The zero-order chi connectivity index (χ0) is 22.1. The Morgan fingerprint density at radius 2 is 1.87 bits per heavy atom. The zero-order valence-corrected chi connectivity index (χ0v) is 18.3. The number of fused-ring (bicyclic) bond motifs is 1. The molecule has 1 saturated heterocycles. The van der Waals surface area contributed by atoms with Crippen LogP contribution in [0, 0.1) is 23.7 Å². The van der Waals surface area contributed by atoms with Gasteiger partial charge in [0.15, 0.2) is 0 Å². The van der Waals surface area contributed by atoms with Crippen LogP contribution in [0.5, 0.6) is 5.88 Å². The van der Waals surface area contributed by atoms with E-state index in [9.17, 15) is 19.8 Å². The van der Waals surface area contributed by atoms with Gasteiger partial charge in [-0.3, -0.25) is 9.59 Å². The number of aliphatic carboxylic acids is 1. The molecule has 8 nitrogen and oxygen atoms in total. The van der Waals surface area contributed by atoms with Gasteiger partial charge in [0, 0.05) is 19.1 Å². The number of aromatic nitrogens is 1. The van der Waals surface area contributed by atoms with Gasteiger partial charge in [-0.25, -0.2) is 0 Å². The second-order valence-electron chi connectivity index (χ2n) is 9.63. The number of nitrogens with zero attached hydrogens (tertiary/aromatic N) is 2. The third kappa shape index (κ3) is 4.95. The second kappa shape index (κ2) is 9.02. The summed E-state index contributed by atoms with van der Waals surface area (Å²) in [5.41, 5.74) is 0.423. The number of carboxylic acids is 1. The Kier molecular flexibility index (Phi) is 6.36. The minimum absolute atomic E-state index is 0.0535. The molecule has 1 aromatic rings. The number of aliphatic hydroxyl groups is 1. The second-order valence-corrected chi connectivity index (χ2v) is 9.63. The molecule has 3 atom stereocenters. The fraction of sp³-hybridized carbons (Fsp3) is 0.696. The highest BCUT2D eigenvalue weighted by Crippen LogP contribution is 2.52. The molecule has 0 spiro atoms. The number of carbonyl (C=O) groups excluding carboxylic acids is 1. The standard InChI is InChI=1S/C23H33N3O5/c1-13(2)9-10-31-22-16(21(28)24-14-3-5-15(27)6-4-14)7-8-19(25-22)26-11-17-18(12-26)20(17)23(29)30/h7-8,13-15,17-18,20,27H,3-6,9-12H2,1-2H3,(H,24,28)(H,29,30)/t14?,15?,17-,18+,20?. The molecule has 1 aromatic heterocycles. The average Bonchev–Trinajstić information content (AvgIpc) is 3.24. The highest BCUT2D eigenvalue weighted by molar-refractivity contribution is 5.96. The largest absolute Gasteiger partial charge is 0.481 e. The minimum Gasteiger partial charge on any atom is -0.481 e. The van der Waals surface area contributed by atoms with Gasteiger partial charge in [-0.05, 0) is 62.0 Å². The van der Waals surface area contributed by atoms with Crippen LogP contribution >= 0.6 is 0 Å². The Balaban J connectivity index is 1.45. The fourth-order valence-corrected chi connectivity index (χ4v) is 4.84. The van der Waals surface area contributed by atoms with E-state index in [2.05, 4.69) is 29.0 Å². The van der Waals surface area contributed by atoms with Crippen LogP contribution in [0.4, 0.5) is 5.82 Å². The molecular formula is C23H33N3O5. The quantitative estimate of drug-likeness (QED) is 0.579. The minimum atomic E-state index is -0.706. The third-order valence-corrected chi connectivity index (χ3v) is 6.86. The van der Waals surface area contributed by atoms with E-state index in [1.807, 2.05) is 6.07 Å². The van der Waals surface area contributed by atoms with Gasteiger partial charge in [-0.2, -0.15) is 4.98 Å². The van der Waals surface area contributed by atoms with E-state index in [1.54, 1.807) is 6.07 Å². The first-order valence-corrected chi connectivity index (χ1v) is 11.4. The molecule has 3 fully saturated rings. The van der Waals surface area contributed by atoms with Crippen molar-refractivity contribution in [3.05, 3.63) is 17.7 Å². The number of piperidine rings is 1. The van der Waals surface area contributed by atoms with Crippen molar-refractivity contribution < 1.29 is 24.5 Å². The van der Waals surface area contributed by atoms with E-state index in [0.717, 1.165) is 25.1 Å². The smallest absolute Gasteiger partial charge is 0.307 e. The molecule has 1 aliphatic heterocycles. The van der Waals surface area contributed by atoms with Gasteiger partial charge in [0.25, 0.3) is 5.91 Å². The Labute approximate surface area is 183 Å². The molecular weight excluding hydrogens is 398 g/mol. The molecule has 2 saturated carbocycles. The monoisotopic (exact) mass is 431 g/mol. The normalized spacial score (nSPS) is 29.5. The number of carbonyl (C=O) groups is 2. The summed E-state index contributed by atoms with van der Waals surface area (Å²) >= 11 is 0. The molecule has 1 unspecified atom stereocenters. The summed E-state index contributed by atoms with van der Waals surface area (Å²) in [5, 5.41) is 22.0. The van der Waals surface area contributed by atoms with Crippen LogP contribution in [0.25, 0.3) is 0 Å². The number of carboxylic acid groups (broad SMARTS) is 1. The van der Waals surface area contributed by atoms with Crippen molar-refractivity contribution in [2.45, 2.75) is 58.1 Å². The maximum Gasteiger partial charge on any atom is 0.307 e. The Morgan fingerprint density at radius 3 is 2.48 bits per heavy atom. The van der Waals surface area contributed by atoms with Gasteiger partial charge < -0.3 is 25.2 Å². The first kappa shape index (κ1) is 21.9. The van der Waals surface area contributed by atoms with E-state index in [-0.39, 0.29) is 35.8 Å². The van der Waals surface area contributed by atoms with Gasteiger partial charge in [-0.15, -0.1) is 0 Å². The van der Waals surface area contributed by atoms with Crippen molar-refractivity contribution in [2.75, 3.05) is 24.6 Å². The number of pyridine rings is 1. The summed E-state index contributed by atoms with van der Waals surface area (Å²) in [7, 11) is 0. The summed E-state index contributed by atoms with van der Waals surface area (Å²) in [6, 6.07) is 3.64. The Morgan fingerprint density at radius 1 is 1.19 bits per heavy atom. The number of hydrogen-bond donors (Lipinski definition) is 3. The maximum absolute atomic E-state index is 12.9. The zero-order valence-electron chi connectivity index (χ0n) is 18.3. The van der Waals surface area contributed by atoms with Crippen molar-refractivity contribution in [3.63, 3.8) is 0 Å². The van der Waals surface area contributed by atoms with Gasteiger partial charge in [0.1, 0.15) is 11.4 Å². The molecule has 3 N–H and O–H groups in total. The van der Waals surface area contributed by atoms with E-state index in [4.69, 9.17) is 4.74 Å². The van der Waals surface area contributed by atoms with Gasteiger partial charge in [0.2, 0.25) is 5.88 Å². The predicted octanol–water partition coefficient (Wildman–Crippen LogP) is 2.31. The summed E-state index contributed by atoms with van der Waals surface area (Å²) in [4.78, 5) is 30.9. The lowest BCUT2D eigenvalue weighted by atomic mass is 9.93. The van der Waals surface area contributed by atoms with Crippen molar-refractivity contribution in [2.24, 2.45) is 23.7 Å². The topological polar surface area (TPSA) is 112 Å². The first-order valence-electron chi connectivity index (χ1n) is 11.4. The molecule has 170 valence electrons. The van der Waals surface area contributed by atoms with Crippen molar-refractivity contribution in [3.8, 4) is 5.88 Å². The van der Waals surface area contributed by atoms with Crippen molar-refractivity contribution >= 4 is 17.7 Å². The summed E-state index contributed by atoms with van der Waals surface area (Å²) in [5.74, 6) is 0.793. The van der Waals surface area contributed by atoms with E-state index in [1.165, 1.54) is 0 Å². The van der Waals surface area contributed by atoms with E-state index >= 15 is 0 Å². The molecule has 4 rings (SSSR count). The summed E-state index contributed by atoms with van der Waals surface area (Å²) in [6.45, 7) is 6.07. The Hall–Kier alpha value is -2.35. The number of nitrogens with one attached hydrogen (secondary N) is 1. The molecule has 0 aromatic carbocycles. The van der Waals surface area contributed by atoms with Gasteiger partial charge in [-0.1, -0.05) is 13.8 Å². The molecule has 1 amide bonds. The SMILES string of the molecule is CC(C)CCOc1nc(N2C[C@@H]3C(C(=O)O)[C@@H]3C2)ccc1C(=O)NC1CCC(O)CC1. The third-order valence-electron chi connectivity index (χ3n) is 6.86. The van der Waals surface area contributed by atoms with Crippen LogP contribution in [0.1, 0.15) is 56.3 Å². The molecule has 8 heteroatoms. The highest BCUT2D eigenvalue weighted by Gasteiger charge is 2.60. The highest BCUT2D eigenvalue weighted by atomic mass is 16.5. The lowest BCUT2D eigenvalue weighted by Crippen LogP contribution is -2.38. The van der Waals surface area contributed by atoms with Gasteiger partial charge in [0.05, 0.1) is 18.6 Å². The van der Waals surface area contributed by atoms with Crippen LogP contribution in [0.2, 0.25) is 0 Å². The number of hydrogen-bond acceptors (Lipinski definition) is 6. The summed E-state index contributed by atoms with van der Waals surface area (Å²) in [6.07, 6.45) is 3.54. The predicted molar refractivity (Wildman–Crippen MR) is 115 cm³/mol.